The molecule has 10 nitrogen and oxygen atoms in total. The summed E-state index contributed by atoms with van der Waals surface area (Å²) in [7, 11) is -4.43. The Hall–Kier alpha value is -3.90. The summed E-state index contributed by atoms with van der Waals surface area (Å²) in [5.74, 6) is -2.08. The van der Waals surface area contributed by atoms with Crippen LogP contribution < -0.4 is 19.7 Å². The van der Waals surface area contributed by atoms with Gasteiger partial charge in [0, 0.05) is 33.1 Å². The van der Waals surface area contributed by atoms with Gasteiger partial charge in [0.05, 0.1) is 15.5 Å². The lowest BCUT2D eigenvalue weighted by Gasteiger charge is -2.39. The first-order valence-electron chi connectivity index (χ1n) is 12.7. The molecule has 0 radical (unpaired) electrons. The molecule has 44 heavy (non-hydrogen) atoms. The molecule has 0 bridgehead atoms. The molecule has 238 valence electrons. The fourth-order valence-corrected chi connectivity index (χ4v) is 6.92. The van der Waals surface area contributed by atoms with Crippen molar-refractivity contribution in [2.75, 3.05) is 24.5 Å². The molecule has 2 heterocycles. The van der Waals surface area contributed by atoms with Crippen molar-refractivity contribution in [3.05, 3.63) is 64.7 Å². The molecule has 1 amide bonds. The molecule has 0 aliphatic carbocycles. The minimum absolute atomic E-state index is 0.0727. The number of rotatable bonds is 9. The molecule has 1 N–H and O–H groups in total. The lowest BCUT2D eigenvalue weighted by atomic mass is 10.1. The van der Waals surface area contributed by atoms with E-state index >= 15 is 0 Å². The van der Waals surface area contributed by atoms with E-state index in [4.69, 9.17) is 0 Å². The molecule has 4 rings (SSSR count). The maximum atomic E-state index is 13.6. The summed E-state index contributed by atoms with van der Waals surface area (Å²) >= 11 is 1.08. The van der Waals surface area contributed by atoms with Crippen molar-refractivity contribution in [3.63, 3.8) is 0 Å². The molecule has 1 aliphatic rings. The van der Waals surface area contributed by atoms with Crippen molar-refractivity contribution >= 4 is 38.2 Å². The molecule has 0 unspecified atom stereocenters. The number of hydrogen-bond donors (Lipinski definition) is 1. The third-order valence-corrected chi connectivity index (χ3v) is 9.54. The zero-order chi connectivity index (χ0) is 32.4. The highest BCUT2D eigenvalue weighted by Crippen LogP contribution is 2.31. The van der Waals surface area contributed by atoms with Crippen LogP contribution in [-0.2, 0) is 21.4 Å². The Balaban J connectivity index is 1.57. The van der Waals surface area contributed by atoms with Crippen LogP contribution in [0.25, 0.3) is 0 Å². The van der Waals surface area contributed by atoms with E-state index in [2.05, 4.69) is 19.8 Å². The summed E-state index contributed by atoms with van der Waals surface area (Å²) in [5.41, 5.74) is 0.851. The number of sulfonamides is 1. The molecule has 0 spiro atoms. The topological polar surface area (TPSA) is 118 Å². The molecular formula is C26H24F6N4O6S2. The number of anilines is 1. The van der Waals surface area contributed by atoms with Crippen molar-refractivity contribution in [2.45, 2.75) is 44.1 Å². The highest BCUT2D eigenvalue weighted by molar-refractivity contribution is 7.89. The number of aromatic nitrogens is 1. The molecule has 3 aromatic rings. The van der Waals surface area contributed by atoms with Gasteiger partial charge in [-0.05, 0) is 48.9 Å². The van der Waals surface area contributed by atoms with Crippen LogP contribution in [0.4, 0.5) is 31.5 Å². The Kier molecular flexibility index (Phi) is 9.46. The van der Waals surface area contributed by atoms with E-state index in [1.165, 1.54) is 19.1 Å². The largest absolute Gasteiger partial charge is 0.573 e. The normalized spacial score (nSPS) is 16.5. The zero-order valence-corrected chi connectivity index (χ0v) is 24.5. The van der Waals surface area contributed by atoms with Gasteiger partial charge in [0.1, 0.15) is 17.5 Å². The highest BCUT2D eigenvalue weighted by Gasteiger charge is 2.41. The van der Waals surface area contributed by atoms with Crippen LogP contribution >= 0.6 is 11.3 Å². The van der Waals surface area contributed by atoms with Gasteiger partial charge in [0.15, 0.2) is 10.9 Å². The second-order valence-corrected chi connectivity index (χ2v) is 12.3. The molecule has 1 saturated heterocycles. The van der Waals surface area contributed by atoms with Crippen molar-refractivity contribution in [3.8, 4) is 11.5 Å². The number of benzene rings is 2. The Bertz CT molecular complexity index is 1610. The molecule has 1 aliphatic heterocycles. The molecule has 2 aromatic carbocycles. The quantitative estimate of drug-likeness (QED) is 0.259. The summed E-state index contributed by atoms with van der Waals surface area (Å²) in [6.07, 6.45) is -9.87. The lowest BCUT2D eigenvalue weighted by Crippen LogP contribution is -2.60. The van der Waals surface area contributed by atoms with Gasteiger partial charge in [-0.2, -0.15) is 4.31 Å². The average molecular weight is 667 g/mol. The number of hydrogen-bond acceptors (Lipinski definition) is 9. The highest BCUT2D eigenvalue weighted by atomic mass is 32.2. The number of carbonyl (C=O) groups excluding carboxylic acids is 2. The maximum absolute atomic E-state index is 13.6. The van der Waals surface area contributed by atoms with Crippen molar-refractivity contribution in [1.29, 1.82) is 0 Å². The Morgan fingerprint density at radius 1 is 0.955 bits per heavy atom. The van der Waals surface area contributed by atoms with E-state index in [9.17, 15) is 44.3 Å². The van der Waals surface area contributed by atoms with Gasteiger partial charge in [-0.15, -0.1) is 26.3 Å². The summed E-state index contributed by atoms with van der Waals surface area (Å²) in [5, 5.41) is 2.97. The number of ether oxygens (including phenoxy) is 2. The average Bonchev–Trinajstić information content (AvgIpc) is 3.32. The monoisotopic (exact) mass is 666 g/mol. The Morgan fingerprint density at radius 3 is 2.00 bits per heavy atom. The minimum atomic E-state index is -4.98. The number of aryl methyl sites for hydroxylation is 1. The van der Waals surface area contributed by atoms with Crippen LogP contribution in [0.3, 0.4) is 0 Å². The lowest BCUT2D eigenvalue weighted by molar-refractivity contribution is -0.275. The van der Waals surface area contributed by atoms with Crippen LogP contribution in [0.5, 0.6) is 11.5 Å². The minimum Gasteiger partial charge on any atom is -0.406 e. The number of thiazole rings is 1. The molecule has 1 aromatic heterocycles. The van der Waals surface area contributed by atoms with Gasteiger partial charge in [0.25, 0.3) is 0 Å². The number of ketones is 1. The standard InChI is InChI=1S/C26H24F6N4O6S2/c1-15-22(16(2)37)43-24(34-15)35-11-12-36(44(39,40)20-9-7-19(8-10-20)42-26(30,31)32)21(14-35)23(38)33-13-17-3-5-18(6-4-17)41-25(27,28)29/h3-10,21H,11-14H2,1-2H3,(H,33,38)/t21-/m1/s1. The van der Waals surface area contributed by atoms with Gasteiger partial charge in [-0.3, -0.25) is 9.59 Å². The van der Waals surface area contributed by atoms with E-state index in [0.717, 1.165) is 52.0 Å². The number of Topliss-reactive ketones (excluding diaryl/α,β-unsaturated/α-hetero) is 1. The summed E-state index contributed by atoms with van der Waals surface area (Å²) in [4.78, 5) is 31.4. The first-order valence-corrected chi connectivity index (χ1v) is 14.9. The zero-order valence-electron chi connectivity index (χ0n) is 22.9. The smallest absolute Gasteiger partial charge is 0.406 e. The number of carbonyl (C=O) groups is 2. The third-order valence-electron chi connectivity index (χ3n) is 6.30. The first kappa shape index (κ1) is 33.0. The van der Waals surface area contributed by atoms with E-state index in [0.29, 0.717) is 21.3 Å². The summed E-state index contributed by atoms with van der Waals surface area (Å²) in [6, 6.07) is 6.83. The SMILES string of the molecule is CC(=O)c1sc(N2CCN(S(=O)(=O)c3ccc(OC(F)(F)F)cc3)[C@@H](C(=O)NCc3ccc(OC(F)(F)F)cc3)C2)nc1C. The number of nitrogens with zero attached hydrogens (tertiary/aromatic N) is 3. The number of halogens is 6. The second-order valence-electron chi connectivity index (χ2n) is 9.47. The number of amides is 1. The van der Waals surface area contributed by atoms with Crippen LogP contribution in [0.1, 0.15) is 27.9 Å². The van der Waals surface area contributed by atoms with Gasteiger partial charge in [-0.25, -0.2) is 13.4 Å². The fourth-order valence-electron chi connectivity index (χ4n) is 4.35. The van der Waals surface area contributed by atoms with Crippen LogP contribution in [-0.4, -0.2) is 67.8 Å². The van der Waals surface area contributed by atoms with Crippen LogP contribution in [0, 0.1) is 6.92 Å². The molecule has 18 heteroatoms. The van der Waals surface area contributed by atoms with Crippen LogP contribution in [0.2, 0.25) is 0 Å². The van der Waals surface area contributed by atoms with Crippen LogP contribution in [0.15, 0.2) is 53.4 Å². The number of piperazine rings is 1. The van der Waals surface area contributed by atoms with E-state index in [1.54, 1.807) is 11.8 Å². The molecule has 1 fully saturated rings. The second kappa shape index (κ2) is 12.6. The predicted octanol–water partition coefficient (Wildman–Crippen LogP) is 4.65. The fraction of sp³-hybridized carbons (Fsp3) is 0.346. The maximum Gasteiger partial charge on any atom is 0.573 e. The van der Waals surface area contributed by atoms with E-state index in [-0.39, 0.29) is 36.9 Å². The molecule has 1 atom stereocenters. The summed E-state index contributed by atoms with van der Waals surface area (Å²) < 4.78 is 111. The first-order chi connectivity index (χ1) is 20.4. The number of alkyl halides is 6. The van der Waals surface area contributed by atoms with Gasteiger partial charge in [-0.1, -0.05) is 23.5 Å². The van der Waals surface area contributed by atoms with Crippen molar-refractivity contribution in [2.24, 2.45) is 0 Å². The van der Waals surface area contributed by atoms with E-state index in [1.807, 2.05) is 0 Å². The van der Waals surface area contributed by atoms with E-state index < -0.39 is 46.2 Å². The predicted molar refractivity (Wildman–Crippen MR) is 145 cm³/mol. The van der Waals surface area contributed by atoms with Crippen molar-refractivity contribution < 1.29 is 53.8 Å². The number of nitrogens with one attached hydrogen (secondary N) is 1. The molecule has 0 saturated carbocycles. The van der Waals surface area contributed by atoms with Gasteiger partial charge < -0.3 is 19.7 Å². The van der Waals surface area contributed by atoms with Crippen molar-refractivity contribution in [1.82, 2.24) is 14.6 Å². The Labute approximate surface area is 251 Å². The third kappa shape index (κ3) is 8.17. The van der Waals surface area contributed by atoms with Gasteiger partial charge >= 0.3 is 12.7 Å². The summed E-state index contributed by atoms with van der Waals surface area (Å²) in [6.45, 7) is 2.49. The van der Waals surface area contributed by atoms with Gasteiger partial charge in [0.2, 0.25) is 15.9 Å². The Morgan fingerprint density at radius 2 is 1.50 bits per heavy atom. The molecular weight excluding hydrogens is 642 g/mol.